The number of halogens is 1. The van der Waals surface area contributed by atoms with E-state index in [1.807, 2.05) is 6.92 Å². The van der Waals surface area contributed by atoms with Crippen molar-refractivity contribution in [2.75, 3.05) is 17.6 Å². The fourth-order valence-corrected chi connectivity index (χ4v) is 2.82. The maximum Gasteiger partial charge on any atom is 0.232 e. The minimum Gasteiger partial charge on any atom is -0.497 e. The highest BCUT2D eigenvalue weighted by Crippen LogP contribution is 2.27. The van der Waals surface area contributed by atoms with E-state index in [1.54, 1.807) is 18.2 Å². The summed E-state index contributed by atoms with van der Waals surface area (Å²) >= 11 is 5.94. The van der Waals surface area contributed by atoms with Crippen LogP contribution >= 0.6 is 11.6 Å². The van der Waals surface area contributed by atoms with E-state index in [9.17, 15) is 8.42 Å². The maximum absolute atomic E-state index is 11.7. The Kier molecular flexibility index (Phi) is 5.08. The number of nitrogens with one attached hydrogen (secondary N) is 1. The molecule has 1 N–H and O–H groups in total. The average molecular weight is 278 g/mol. The molecule has 0 atom stereocenters. The average Bonchev–Trinajstić information content (AvgIpc) is 2.29. The van der Waals surface area contributed by atoms with E-state index in [0.717, 1.165) is 6.42 Å². The number of methoxy groups -OCH3 is 1. The molecule has 0 bridgehead atoms. The van der Waals surface area contributed by atoms with Crippen LogP contribution in [0, 0.1) is 0 Å². The lowest BCUT2D eigenvalue weighted by Gasteiger charge is -2.10. The highest BCUT2D eigenvalue weighted by Gasteiger charge is 2.12. The van der Waals surface area contributed by atoms with Crippen LogP contribution in [0.3, 0.4) is 0 Å². The topological polar surface area (TPSA) is 55.4 Å². The molecule has 0 aromatic heterocycles. The number of benzene rings is 1. The van der Waals surface area contributed by atoms with Crippen molar-refractivity contribution in [1.29, 1.82) is 0 Å². The molecule has 6 heteroatoms. The molecule has 4 nitrogen and oxygen atoms in total. The summed E-state index contributed by atoms with van der Waals surface area (Å²) in [5, 5.41) is 0.324. The first-order valence-corrected chi connectivity index (χ1v) is 7.35. The lowest BCUT2D eigenvalue weighted by Crippen LogP contribution is -2.16. The van der Waals surface area contributed by atoms with Crippen LogP contribution in [0.25, 0.3) is 0 Å². The minimum atomic E-state index is -3.31. The summed E-state index contributed by atoms with van der Waals surface area (Å²) in [5.41, 5.74) is 0.378. The first-order valence-electron chi connectivity index (χ1n) is 5.32. The van der Waals surface area contributed by atoms with Gasteiger partial charge in [0.15, 0.2) is 0 Å². The van der Waals surface area contributed by atoms with E-state index in [2.05, 4.69) is 4.72 Å². The van der Waals surface area contributed by atoms with Crippen LogP contribution in [-0.2, 0) is 10.0 Å². The Morgan fingerprint density at radius 3 is 2.65 bits per heavy atom. The number of hydrogen-bond acceptors (Lipinski definition) is 3. The molecular weight excluding hydrogens is 262 g/mol. The van der Waals surface area contributed by atoms with Gasteiger partial charge in [0.05, 0.1) is 23.6 Å². The maximum atomic E-state index is 11.7. The second kappa shape index (κ2) is 6.12. The Labute approximate surface area is 107 Å². The third-order valence-corrected chi connectivity index (χ3v) is 3.88. The lowest BCUT2D eigenvalue weighted by atomic mass is 10.3. The molecular formula is C11H16ClNO3S. The number of anilines is 1. The molecule has 0 fully saturated rings. The summed E-state index contributed by atoms with van der Waals surface area (Å²) in [6.45, 7) is 1.94. The third-order valence-electron chi connectivity index (χ3n) is 2.21. The van der Waals surface area contributed by atoms with Gasteiger partial charge in [-0.15, -0.1) is 0 Å². The predicted octanol–water partition coefficient (Wildman–Crippen LogP) is 2.89. The Morgan fingerprint density at radius 1 is 1.41 bits per heavy atom. The Morgan fingerprint density at radius 2 is 2.12 bits per heavy atom. The molecule has 0 heterocycles. The Balaban J connectivity index is 2.81. The first-order chi connectivity index (χ1) is 7.98. The SMILES string of the molecule is CCCCS(=O)(=O)Nc1ccc(OC)cc1Cl. The first kappa shape index (κ1) is 14.1. The summed E-state index contributed by atoms with van der Waals surface area (Å²) in [6, 6.07) is 4.81. The van der Waals surface area contributed by atoms with Crippen LogP contribution in [0.15, 0.2) is 18.2 Å². The molecule has 0 aliphatic carbocycles. The smallest absolute Gasteiger partial charge is 0.232 e. The summed E-state index contributed by atoms with van der Waals surface area (Å²) in [4.78, 5) is 0. The van der Waals surface area contributed by atoms with E-state index >= 15 is 0 Å². The van der Waals surface area contributed by atoms with Gasteiger partial charge in [-0.1, -0.05) is 24.9 Å². The van der Waals surface area contributed by atoms with Crippen molar-refractivity contribution in [3.05, 3.63) is 23.2 Å². The van der Waals surface area contributed by atoms with Crippen molar-refractivity contribution in [3.8, 4) is 5.75 Å². The Hall–Kier alpha value is -0.940. The zero-order valence-corrected chi connectivity index (χ0v) is 11.4. The normalized spacial score (nSPS) is 11.2. The highest BCUT2D eigenvalue weighted by molar-refractivity contribution is 7.92. The molecule has 96 valence electrons. The minimum absolute atomic E-state index is 0.103. The fraction of sp³-hybridized carbons (Fsp3) is 0.455. The van der Waals surface area contributed by atoms with Crippen LogP contribution < -0.4 is 9.46 Å². The zero-order valence-electron chi connectivity index (χ0n) is 9.86. The summed E-state index contributed by atoms with van der Waals surface area (Å²) < 4.78 is 30.8. The van der Waals surface area contributed by atoms with E-state index in [0.29, 0.717) is 22.9 Å². The number of rotatable bonds is 6. The number of hydrogen-bond donors (Lipinski definition) is 1. The van der Waals surface area contributed by atoms with Crippen LogP contribution in [0.1, 0.15) is 19.8 Å². The number of unbranched alkanes of at least 4 members (excludes halogenated alkanes) is 1. The molecule has 1 aromatic carbocycles. The molecule has 0 saturated carbocycles. The molecule has 17 heavy (non-hydrogen) atoms. The van der Waals surface area contributed by atoms with Gasteiger partial charge < -0.3 is 4.74 Å². The van der Waals surface area contributed by atoms with Gasteiger partial charge in [0.25, 0.3) is 0 Å². The number of sulfonamides is 1. The van der Waals surface area contributed by atoms with Gasteiger partial charge in [0.2, 0.25) is 10.0 Å². The van der Waals surface area contributed by atoms with Gasteiger partial charge in [-0.05, 0) is 18.6 Å². The Bertz CT molecular complexity index is 474. The van der Waals surface area contributed by atoms with Crippen LogP contribution in [0.2, 0.25) is 5.02 Å². The highest BCUT2D eigenvalue weighted by atomic mass is 35.5. The van der Waals surface area contributed by atoms with Crippen LogP contribution in [0.5, 0.6) is 5.75 Å². The number of ether oxygens (including phenoxy) is 1. The van der Waals surface area contributed by atoms with Crippen molar-refractivity contribution in [1.82, 2.24) is 0 Å². The third kappa shape index (κ3) is 4.44. The van der Waals surface area contributed by atoms with E-state index in [1.165, 1.54) is 7.11 Å². The predicted molar refractivity (Wildman–Crippen MR) is 70.3 cm³/mol. The summed E-state index contributed by atoms with van der Waals surface area (Å²) in [5.74, 6) is 0.692. The second-order valence-corrected chi connectivity index (χ2v) is 5.87. The molecule has 0 amide bonds. The van der Waals surface area contributed by atoms with Crippen molar-refractivity contribution in [2.24, 2.45) is 0 Å². The van der Waals surface area contributed by atoms with Gasteiger partial charge in [-0.25, -0.2) is 8.42 Å². The molecule has 0 aliphatic rings. The van der Waals surface area contributed by atoms with E-state index in [-0.39, 0.29) is 5.75 Å². The largest absolute Gasteiger partial charge is 0.497 e. The second-order valence-electron chi connectivity index (χ2n) is 3.62. The van der Waals surface area contributed by atoms with Gasteiger partial charge >= 0.3 is 0 Å². The van der Waals surface area contributed by atoms with Crippen molar-refractivity contribution < 1.29 is 13.2 Å². The molecule has 0 spiro atoms. The quantitative estimate of drug-likeness (QED) is 0.870. The fourth-order valence-electron chi connectivity index (χ4n) is 1.26. The monoisotopic (exact) mass is 277 g/mol. The van der Waals surface area contributed by atoms with Crippen LogP contribution in [-0.4, -0.2) is 21.3 Å². The van der Waals surface area contributed by atoms with Gasteiger partial charge in [-0.3, -0.25) is 4.72 Å². The molecule has 1 rings (SSSR count). The molecule has 0 saturated heterocycles. The standard InChI is InChI=1S/C11H16ClNO3S/c1-3-4-7-17(14,15)13-11-6-5-9(16-2)8-10(11)12/h5-6,8,13H,3-4,7H2,1-2H3. The van der Waals surface area contributed by atoms with E-state index in [4.69, 9.17) is 16.3 Å². The molecule has 0 radical (unpaired) electrons. The van der Waals surface area contributed by atoms with E-state index < -0.39 is 10.0 Å². The van der Waals surface area contributed by atoms with Gasteiger partial charge in [0.1, 0.15) is 5.75 Å². The van der Waals surface area contributed by atoms with Gasteiger partial charge in [0, 0.05) is 6.07 Å². The molecule has 0 aliphatic heterocycles. The molecule has 1 aromatic rings. The summed E-state index contributed by atoms with van der Waals surface area (Å²) in [7, 11) is -1.79. The van der Waals surface area contributed by atoms with Crippen LogP contribution in [0.4, 0.5) is 5.69 Å². The van der Waals surface area contributed by atoms with Crippen molar-refractivity contribution in [3.63, 3.8) is 0 Å². The lowest BCUT2D eigenvalue weighted by molar-refractivity contribution is 0.415. The van der Waals surface area contributed by atoms with Crippen molar-refractivity contribution in [2.45, 2.75) is 19.8 Å². The molecule has 0 unspecified atom stereocenters. The zero-order chi connectivity index (χ0) is 12.9. The summed E-state index contributed by atoms with van der Waals surface area (Å²) in [6.07, 6.45) is 1.46. The van der Waals surface area contributed by atoms with Crippen molar-refractivity contribution >= 4 is 27.3 Å². The van der Waals surface area contributed by atoms with Gasteiger partial charge in [-0.2, -0.15) is 0 Å².